The predicted octanol–water partition coefficient (Wildman–Crippen LogP) is 1.68. The van der Waals surface area contributed by atoms with Crippen molar-refractivity contribution in [3.8, 4) is 5.75 Å². The van der Waals surface area contributed by atoms with Crippen molar-refractivity contribution in [3.05, 3.63) is 60.2 Å². The van der Waals surface area contributed by atoms with E-state index in [0.29, 0.717) is 31.9 Å². The molecule has 2 saturated heterocycles. The van der Waals surface area contributed by atoms with Gasteiger partial charge in [-0.05, 0) is 30.5 Å². The molecule has 2 aromatic rings. The van der Waals surface area contributed by atoms with E-state index in [1.54, 1.807) is 51.7 Å². The first-order valence-corrected chi connectivity index (χ1v) is 13.5. The zero-order valence-corrected chi connectivity index (χ0v) is 21.5. The van der Waals surface area contributed by atoms with Gasteiger partial charge >= 0.3 is 6.03 Å². The number of hydrogen-bond acceptors (Lipinski definition) is 7. The number of carbonyl (C=O) groups excluding carboxylic acids is 2. The van der Waals surface area contributed by atoms with Crippen LogP contribution in [0.4, 0.5) is 4.79 Å². The molecule has 2 aliphatic heterocycles. The topological polar surface area (TPSA) is 129 Å². The fraction of sp³-hybridized carbons (Fsp3) is 0.440. The molecule has 0 saturated carbocycles. The zero-order chi connectivity index (χ0) is 26.5. The third kappa shape index (κ3) is 5.42. The molecule has 2 heterocycles. The van der Waals surface area contributed by atoms with Crippen molar-refractivity contribution in [1.82, 2.24) is 19.6 Å². The van der Waals surface area contributed by atoms with Gasteiger partial charge in [0, 0.05) is 32.7 Å². The summed E-state index contributed by atoms with van der Waals surface area (Å²) in [5, 5.41) is 9.73. The number of para-hydroxylation sites is 1. The Bertz CT molecular complexity index is 1190. The summed E-state index contributed by atoms with van der Waals surface area (Å²) in [6.07, 6.45) is -0.00658. The van der Waals surface area contributed by atoms with Crippen LogP contribution in [0.5, 0.6) is 5.75 Å². The maximum absolute atomic E-state index is 14.2. The normalized spacial score (nSPS) is 17.9. The summed E-state index contributed by atoms with van der Waals surface area (Å²) in [5.41, 5.74) is 0.713. The number of hydroxylamine groups is 1. The van der Waals surface area contributed by atoms with Crippen molar-refractivity contribution in [2.45, 2.75) is 29.8 Å². The summed E-state index contributed by atoms with van der Waals surface area (Å²) in [7, 11) is -2.93. The first-order valence-electron chi connectivity index (χ1n) is 12.1. The summed E-state index contributed by atoms with van der Waals surface area (Å²) in [6.45, 7) is 2.01. The van der Waals surface area contributed by atoms with E-state index in [1.165, 1.54) is 19.2 Å². The minimum atomic E-state index is -4.31. The molecule has 0 unspecified atom stereocenters. The van der Waals surface area contributed by atoms with E-state index in [1.807, 2.05) is 6.07 Å². The molecule has 0 bridgehead atoms. The van der Waals surface area contributed by atoms with Gasteiger partial charge in [-0.25, -0.2) is 18.7 Å². The van der Waals surface area contributed by atoms with Crippen LogP contribution < -0.4 is 10.2 Å². The van der Waals surface area contributed by atoms with E-state index < -0.39 is 21.5 Å². The van der Waals surface area contributed by atoms with E-state index >= 15 is 0 Å². The lowest BCUT2D eigenvalue weighted by Crippen LogP contribution is -2.65. The first kappa shape index (κ1) is 26.9. The molecule has 0 radical (unpaired) electrons. The smallest absolute Gasteiger partial charge is 0.320 e. The van der Waals surface area contributed by atoms with E-state index in [4.69, 9.17) is 9.47 Å². The van der Waals surface area contributed by atoms with E-state index in [0.717, 1.165) is 4.31 Å². The lowest BCUT2D eigenvalue weighted by molar-refractivity contribution is -0.142. The second-order valence-corrected chi connectivity index (χ2v) is 10.8. The number of nitrogens with zero attached hydrogens (tertiary/aromatic N) is 3. The number of nitrogens with one attached hydrogen (secondary N) is 1. The van der Waals surface area contributed by atoms with Gasteiger partial charge in [0.25, 0.3) is 5.91 Å². The lowest BCUT2D eigenvalue weighted by atomic mass is 9.86. The minimum absolute atomic E-state index is 0.00329. The summed E-state index contributed by atoms with van der Waals surface area (Å²) in [6, 6.07) is 14.9. The van der Waals surface area contributed by atoms with E-state index in [2.05, 4.69) is 0 Å². The standard InChI is InChI=1S/C25H32N4O7S/c1-35-21-9-5-6-10-22(21)37(33,34)29(19-20-7-3-2-4-8-20)25(23(30)26-32)11-13-27(14-12-25)24(31)28-15-17-36-18-16-28/h2-10,32H,11-19H2,1H3,(H,26,30). The number of piperidine rings is 1. The monoisotopic (exact) mass is 532 g/mol. The first-order chi connectivity index (χ1) is 17.8. The quantitative estimate of drug-likeness (QED) is 0.410. The van der Waals surface area contributed by atoms with Crippen LogP contribution in [0.25, 0.3) is 0 Å². The highest BCUT2D eigenvalue weighted by Crippen LogP contribution is 2.38. The van der Waals surface area contributed by atoms with Gasteiger partial charge in [-0.1, -0.05) is 42.5 Å². The van der Waals surface area contributed by atoms with Crippen molar-refractivity contribution in [2.75, 3.05) is 46.5 Å². The molecule has 0 aromatic heterocycles. The molecule has 200 valence electrons. The van der Waals surface area contributed by atoms with Crippen molar-refractivity contribution in [1.29, 1.82) is 0 Å². The van der Waals surface area contributed by atoms with Gasteiger partial charge in [0.05, 0.1) is 20.3 Å². The highest BCUT2D eigenvalue weighted by Gasteiger charge is 2.52. The second-order valence-electron chi connectivity index (χ2n) is 8.99. The highest BCUT2D eigenvalue weighted by molar-refractivity contribution is 7.89. The van der Waals surface area contributed by atoms with Crippen LogP contribution in [0.1, 0.15) is 18.4 Å². The number of hydrogen-bond donors (Lipinski definition) is 2. The Balaban J connectivity index is 1.72. The maximum Gasteiger partial charge on any atom is 0.320 e. The van der Waals surface area contributed by atoms with Crippen LogP contribution in [-0.4, -0.2) is 91.7 Å². The van der Waals surface area contributed by atoms with E-state index in [-0.39, 0.29) is 49.2 Å². The van der Waals surface area contributed by atoms with Gasteiger partial charge in [0.1, 0.15) is 16.2 Å². The van der Waals surface area contributed by atoms with Crippen LogP contribution in [0.2, 0.25) is 0 Å². The number of morpholine rings is 1. The Hall–Kier alpha value is -3.19. The Kier molecular flexibility index (Phi) is 8.32. The number of likely N-dealkylation sites (tertiary alicyclic amines) is 1. The van der Waals surface area contributed by atoms with Gasteiger partial charge in [-0.3, -0.25) is 10.0 Å². The number of ether oxygens (including phenoxy) is 2. The molecule has 2 aromatic carbocycles. The molecule has 12 heteroatoms. The average molecular weight is 533 g/mol. The molecule has 2 fully saturated rings. The molecular formula is C25H32N4O7S. The number of benzene rings is 2. The van der Waals surface area contributed by atoms with Crippen LogP contribution in [-0.2, 0) is 26.1 Å². The molecule has 2 aliphatic rings. The van der Waals surface area contributed by atoms with Gasteiger partial charge < -0.3 is 19.3 Å². The second kappa shape index (κ2) is 11.5. The largest absolute Gasteiger partial charge is 0.495 e. The number of carbonyl (C=O) groups is 2. The van der Waals surface area contributed by atoms with E-state index in [9.17, 15) is 23.2 Å². The third-order valence-electron chi connectivity index (χ3n) is 6.95. The molecule has 37 heavy (non-hydrogen) atoms. The minimum Gasteiger partial charge on any atom is -0.495 e. The van der Waals surface area contributed by atoms with Crippen LogP contribution in [0.3, 0.4) is 0 Å². The van der Waals surface area contributed by atoms with Gasteiger partial charge in [0.15, 0.2) is 0 Å². The van der Waals surface area contributed by atoms with Crippen LogP contribution in [0, 0.1) is 0 Å². The Morgan fingerprint density at radius 2 is 1.59 bits per heavy atom. The Morgan fingerprint density at radius 3 is 2.22 bits per heavy atom. The SMILES string of the molecule is COc1ccccc1S(=O)(=O)N(Cc1ccccc1)C1(C(=O)NO)CCN(C(=O)N2CCOCC2)CC1. The lowest BCUT2D eigenvalue weighted by Gasteiger charge is -2.47. The molecule has 11 nitrogen and oxygen atoms in total. The Morgan fingerprint density at radius 1 is 1.00 bits per heavy atom. The zero-order valence-electron chi connectivity index (χ0n) is 20.7. The molecule has 4 rings (SSSR count). The summed E-state index contributed by atoms with van der Waals surface area (Å²) in [4.78, 5) is 29.6. The maximum atomic E-state index is 14.2. The van der Waals surface area contributed by atoms with Crippen molar-refractivity contribution in [2.24, 2.45) is 0 Å². The molecule has 0 spiro atoms. The molecule has 0 atom stereocenters. The number of amides is 3. The summed E-state index contributed by atoms with van der Waals surface area (Å²) >= 11 is 0. The fourth-order valence-corrected chi connectivity index (χ4v) is 6.82. The predicted molar refractivity (Wildman–Crippen MR) is 133 cm³/mol. The van der Waals surface area contributed by atoms with Crippen LogP contribution in [0.15, 0.2) is 59.5 Å². The average Bonchev–Trinajstić information content (AvgIpc) is 2.96. The fourth-order valence-electron chi connectivity index (χ4n) is 4.88. The molecule has 2 N–H and O–H groups in total. The van der Waals surface area contributed by atoms with Crippen molar-refractivity contribution in [3.63, 3.8) is 0 Å². The van der Waals surface area contributed by atoms with Crippen molar-refractivity contribution < 1.29 is 32.7 Å². The molecular weight excluding hydrogens is 500 g/mol. The Labute approximate surface area is 216 Å². The number of sulfonamides is 1. The van der Waals surface area contributed by atoms with Gasteiger partial charge in [-0.15, -0.1) is 0 Å². The van der Waals surface area contributed by atoms with Gasteiger partial charge in [-0.2, -0.15) is 4.31 Å². The van der Waals surface area contributed by atoms with Crippen molar-refractivity contribution >= 4 is 22.0 Å². The molecule has 0 aliphatic carbocycles. The summed E-state index contributed by atoms with van der Waals surface area (Å²) < 4.78 is 40.2. The number of urea groups is 1. The van der Waals surface area contributed by atoms with Crippen LogP contribution >= 0.6 is 0 Å². The summed E-state index contributed by atoms with van der Waals surface area (Å²) in [5.74, 6) is -0.708. The highest BCUT2D eigenvalue weighted by atomic mass is 32.2. The number of methoxy groups -OCH3 is 1. The van der Waals surface area contributed by atoms with Gasteiger partial charge in [0.2, 0.25) is 10.0 Å². The molecule has 3 amide bonds. The third-order valence-corrected chi connectivity index (χ3v) is 8.90. The number of rotatable bonds is 7.